The molecule has 154 valence electrons. The van der Waals surface area contributed by atoms with E-state index in [1.165, 1.54) is 0 Å². The zero-order valence-corrected chi connectivity index (χ0v) is 17.1. The topological polar surface area (TPSA) is 109 Å². The highest BCUT2D eigenvalue weighted by Crippen LogP contribution is 2.10. The van der Waals surface area contributed by atoms with Crippen molar-refractivity contribution in [1.29, 1.82) is 0 Å². The number of amides is 2. The Labute approximate surface area is 175 Å². The maximum absolute atomic E-state index is 11.9. The van der Waals surface area contributed by atoms with Crippen LogP contribution in [-0.4, -0.2) is 37.4 Å². The molecule has 0 aliphatic rings. The number of nitrogens with one attached hydrogen (secondary N) is 3. The molecular weight excluding hydrogens is 390 g/mol. The molecule has 0 aromatic heterocycles. The second kappa shape index (κ2) is 11.7. The second-order valence-corrected chi connectivity index (χ2v) is 6.78. The average Bonchev–Trinajstić information content (AvgIpc) is 2.70. The van der Waals surface area contributed by atoms with Gasteiger partial charge in [-0.05, 0) is 48.7 Å². The standard InChI is InChI=1S/C21H26ClN5O2/c1-2-24-21(25-11-10-15-4-3-5-18(22)12-15)27-13-16-6-8-17(9-7-16)20(29)26-14-19(23)28/h3-9,12H,2,10-11,13-14H2,1H3,(H2,23,28)(H,26,29)(H2,24,25,27). The minimum atomic E-state index is -0.580. The number of guanidine groups is 1. The van der Waals surface area contributed by atoms with Crippen LogP contribution in [0.2, 0.25) is 5.02 Å². The van der Waals surface area contributed by atoms with Crippen LogP contribution in [0, 0.1) is 0 Å². The predicted octanol–water partition coefficient (Wildman–Crippen LogP) is 1.85. The van der Waals surface area contributed by atoms with Crippen molar-refractivity contribution in [2.75, 3.05) is 19.6 Å². The molecule has 0 aliphatic heterocycles. The summed E-state index contributed by atoms with van der Waals surface area (Å²) in [6.07, 6.45) is 0.833. The number of hydrogen-bond acceptors (Lipinski definition) is 3. The van der Waals surface area contributed by atoms with Crippen molar-refractivity contribution in [2.45, 2.75) is 19.9 Å². The van der Waals surface area contributed by atoms with Crippen molar-refractivity contribution in [3.05, 3.63) is 70.2 Å². The lowest BCUT2D eigenvalue weighted by Gasteiger charge is -2.11. The molecule has 0 heterocycles. The van der Waals surface area contributed by atoms with Gasteiger partial charge in [-0.25, -0.2) is 4.99 Å². The Morgan fingerprint density at radius 1 is 1.03 bits per heavy atom. The number of nitrogens with zero attached hydrogens (tertiary/aromatic N) is 1. The summed E-state index contributed by atoms with van der Waals surface area (Å²) in [5, 5.41) is 9.70. The molecule has 2 amide bonds. The molecule has 0 spiro atoms. The monoisotopic (exact) mass is 415 g/mol. The number of halogens is 1. The van der Waals surface area contributed by atoms with E-state index < -0.39 is 5.91 Å². The van der Waals surface area contributed by atoms with Crippen LogP contribution in [0.5, 0.6) is 0 Å². The van der Waals surface area contributed by atoms with Crippen LogP contribution in [-0.2, 0) is 17.8 Å². The van der Waals surface area contributed by atoms with Crippen LogP contribution >= 0.6 is 11.6 Å². The predicted molar refractivity (Wildman–Crippen MR) is 116 cm³/mol. The molecule has 0 radical (unpaired) electrons. The van der Waals surface area contributed by atoms with Crippen LogP contribution in [0.25, 0.3) is 0 Å². The van der Waals surface area contributed by atoms with Gasteiger partial charge >= 0.3 is 0 Å². The highest BCUT2D eigenvalue weighted by atomic mass is 35.5. The Morgan fingerprint density at radius 3 is 2.45 bits per heavy atom. The minimum Gasteiger partial charge on any atom is -0.368 e. The molecule has 2 rings (SSSR count). The molecule has 0 atom stereocenters. The van der Waals surface area contributed by atoms with Gasteiger partial charge in [0.05, 0.1) is 13.1 Å². The minimum absolute atomic E-state index is 0.183. The summed E-state index contributed by atoms with van der Waals surface area (Å²) in [5.41, 5.74) is 7.61. The smallest absolute Gasteiger partial charge is 0.251 e. The SMILES string of the molecule is CCNC(=NCc1ccc(C(=O)NCC(N)=O)cc1)NCCc1cccc(Cl)c1. The van der Waals surface area contributed by atoms with E-state index in [0.717, 1.165) is 41.6 Å². The van der Waals surface area contributed by atoms with Crippen LogP contribution in [0.15, 0.2) is 53.5 Å². The van der Waals surface area contributed by atoms with Gasteiger partial charge in [0, 0.05) is 23.7 Å². The first kappa shape index (κ1) is 22.2. The fourth-order valence-electron chi connectivity index (χ4n) is 2.56. The fourth-order valence-corrected chi connectivity index (χ4v) is 2.77. The number of hydrogen-bond donors (Lipinski definition) is 4. The van der Waals surface area contributed by atoms with Crippen molar-refractivity contribution in [1.82, 2.24) is 16.0 Å². The lowest BCUT2D eigenvalue weighted by molar-refractivity contribution is -0.117. The lowest BCUT2D eigenvalue weighted by Crippen LogP contribution is -2.38. The van der Waals surface area contributed by atoms with Crippen LogP contribution in [0.3, 0.4) is 0 Å². The molecular formula is C21H26ClN5O2. The molecule has 2 aromatic rings. The number of carbonyl (C=O) groups is 2. The summed E-state index contributed by atoms with van der Waals surface area (Å²) in [6.45, 7) is 3.77. The second-order valence-electron chi connectivity index (χ2n) is 6.35. The molecule has 0 unspecified atom stereocenters. The van der Waals surface area contributed by atoms with Crippen LogP contribution < -0.4 is 21.7 Å². The van der Waals surface area contributed by atoms with E-state index in [1.807, 2.05) is 43.3 Å². The summed E-state index contributed by atoms with van der Waals surface area (Å²) in [7, 11) is 0. The molecule has 0 saturated heterocycles. The third-order valence-corrected chi connectivity index (χ3v) is 4.23. The Kier molecular flexibility index (Phi) is 8.98. The highest BCUT2D eigenvalue weighted by Gasteiger charge is 2.06. The fraction of sp³-hybridized carbons (Fsp3) is 0.286. The number of primary amides is 1. The average molecular weight is 416 g/mol. The Balaban J connectivity index is 1.88. The van der Waals surface area contributed by atoms with Crippen LogP contribution in [0.1, 0.15) is 28.4 Å². The normalized spacial score (nSPS) is 11.0. The highest BCUT2D eigenvalue weighted by molar-refractivity contribution is 6.30. The number of nitrogens with two attached hydrogens (primary N) is 1. The molecule has 29 heavy (non-hydrogen) atoms. The van der Waals surface area contributed by atoms with E-state index >= 15 is 0 Å². The molecule has 0 saturated carbocycles. The van der Waals surface area contributed by atoms with E-state index in [0.29, 0.717) is 12.1 Å². The Morgan fingerprint density at radius 2 is 1.79 bits per heavy atom. The third kappa shape index (κ3) is 8.23. The zero-order valence-electron chi connectivity index (χ0n) is 16.4. The van der Waals surface area contributed by atoms with Crippen molar-refractivity contribution >= 4 is 29.4 Å². The van der Waals surface area contributed by atoms with Crippen molar-refractivity contribution in [3.8, 4) is 0 Å². The molecule has 5 N–H and O–H groups in total. The molecule has 0 aliphatic carbocycles. The van der Waals surface area contributed by atoms with E-state index in [-0.39, 0.29) is 12.5 Å². The summed E-state index contributed by atoms with van der Waals surface area (Å²) in [6, 6.07) is 14.8. The van der Waals surface area contributed by atoms with E-state index in [2.05, 4.69) is 20.9 Å². The van der Waals surface area contributed by atoms with Gasteiger partial charge in [0.1, 0.15) is 0 Å². The van der Waals surface area contributed by atoms with E-state index in [1.54, 1.807) is 12.1 Å². The summed E-state index contributed by atoms with van der Waals surface area (Å²) in [4.78, 5) is 27.2. The lowest BCUT2D eigenvalue weighted by atomic mass is 10.1. The van der Waals surface area contributed by atoms with Gasteiger partial charge in [0.25, 0.3) is 5.91 Å². The Bertz CT molecular complexity index is 852. The first-order valence-electron chi connectivity index (χ1n) is 9.40. The molecule has 0 bridgehead atoms. The van der Waals surface area contributed by atoms with Gasteiger partial charge in [0.2, 0.25) is 5.91 Å². The van der Waals surface area contributed by atoms with Gasteiger partial charge in [-0.2, -0.15) is 0 Å². The van der Waals surface area contributed by atoms with Gasteiger partial charge in [0.15, 0.2) is 5.96 Å². The number of carbonyl (C=O) groups excluding carboxylic acids is 2. The first-order chi connectivity index (χ1) is 14.0. The van der Waals surface area contributed by atoms with Gasteiger partial charge in [-0.3, -0.25) is 9.59 Å². The number of aliphatic imine (C=N–C) groups is 1. The third-order valence-electron chi connectivity index (χ3n) is 4.00. The molecule has 8 heteroatoms. The summed E-state index contributed by atoms with van der Waals surface area (Å²) >= 11 is 6.01. The van der Waals surface area contributed by atoms with E-state index in [4.69, 9.17) is 17.3 Å². The largest absolute Gasteiger partial charge is 0.368 e. The Hall–Kier alpha value is -3.06. The van der Waals surface area contributed by atoms with E-state index in [9.17, 15) is 9.59 Å². The quantitative estimate of drug-likeness (QED) is 0.370. The first-order valence-corrected chi connectivity index (χ1v) is 9.77. The molecule has 2 aromatic carbocycles. The van der Waals surface area contributed by atoms with Gasteiger partial charge < -0.3 is 21.7 Å². The maximum Gasteiger partial charge on any atom is 0.251 e. The van der Waals surface area contributed by atoms with Gasteiger partial charge in [-0.15, -0.1) is 0 Å². The number of rotatable bonds is 9. The number of benzene rings is 2. The zero-order chi connectivity index (χ0) is 21.1. The molecule has 7 nitrogen and oxygen atoms in total. The summed E-state index contributed by atoms with van der Waals surface area (Å²) < 4.78 is 0. The van der Waals surface area contributed by atoms with Crippen LogP contribution in [0.4, 0.5) is 0 Å². The molecule has 0 fully saturated rings. The van der Waals surface area contributed by atoms with Crippen molar-refractivity contribution in [3.63, 3.8) is 0 Å². The van der Waals surface area contributed by atoms with Crippen molar-refractivity contribution in [2.24, 2.45) is 10.7 Å². The van der Waals surface area contributed by atoms with Gasteiger partial charge in [-0.1, -0.05) is 35.9 Å². The summed E-state index contributed by atoms with van der Waals surface area (Å²) in [5.74, 6) is -0.198. The maximum atomic E-state index is 11.9. The van der Waals surface area contributed by atoms with Crippen molar-refractivity contribution < 1.29 is 9.59 Å².